The van der Waals surface area contributed by atoms with Crippen molar-refractivity contribution in [3.05, 3.63) is 188 Å². The summed E-state index contributed by atoms with van der Waals surface area (Å²) >= 11 is 0. The fraction of sp³-hybridized carbons (Fsp3) is 0. The molecule has 0 aliphatic rings. The third kappa shape index (κ3) is 6.22. The molecule has 0 fully saturated rings. The van der Waals surface area contributed by atoms with Crippen LogP contribution in [0.4, 0.5) is 0 Å². The highest BCUT2D eigenvalue weighted by atomic mass is 16.3. The van der Waals surface area contributed by atoms with Crippen molar-refractivity contribution in [3.63, 3.8) is 0 Å². The van der Waals surface area contributed by atoms with Crippen LogP contribution >= 0.6 is 0 Å². The van der Waals surface area contributed by atoms with E-state index in [1.165, 1.54) is 0 Å². The number of benzene rings is 7. The van der Waals surface area contributed by atoms with E-state index in [-0.39, 0.29) is 0 Å². The van der Waals surface area contributed by atoms with Crippen LogP contribution in [0.5, 0.6) is 0 Å². The summed E-state index contributed by atoms with van der Waals surface area (Å²) in [5, 5.41) is 2.07. The molecule has 3 heterocycles. The van der Waals surface area contributed by atoms with Crippen molar-refractivity contribution in [1.82, 2.24) is 24.9 Å². The van der Waals surface area contributed by atoms with Gasteiger partial charge in [0.15, 0.2) is 23.3 Å². The molecule has 7 aromatic carbocycles. The first-order valence-electron chi connectivity index (χ1n) is 18.2. The Morgan fingerprint density at radius 3 is 1.29 bits per heavy atom. The molecule has 0 spiro atoms. The molecule has 0 unspecified atom stereocenters. The molecule has 0 saturated carbocycles. The van der Waals surface area contributed by atoms with Gasteiger partial charge in [0.25, 0.3) is 0 Å². The predicted molar refractivity (Wildman–Crippen MR) is 221 cm³/mol. The summed E-state index contributed by atoms with van der Waals surface area (Å²) in [4.78, 5) is 25.0. The standard InChI is InChI=1S/C49H31N5O/c1-5-15-33(16-6-1)42-31-43(51-46(50-42)34-17-7-2-8-18-34)41-30-38(29-40-39-23-13-14-24-44(39)55-45(40)41)32-25-27-37(28-26-32)49-53-47(35-19-9-3-10-20-35)52-48(54-49)36-21-11-4-12-22-36/h1-31H. The highest BCUT2D eigenvalue weighted by Gasteiger charge is 2.19. The van der Waals surface area contributed by atoms with Gasteiger partial charge >= 0.3 is 0 Å². The number of para-hydroxylation sites is 1. The second-order valence-corrected chi connectivity index (χ2v) is 13.3. The second-order valence-electron chi connectivity index (χ2n) is 13.3. The molecule has 10 aromatic rings. The third-order valence-electron chi connectivity index (χ3n) is 9.76. The van der Waals surface area contributed by atoms with Crippen LogP contribution in [-0.2, 0) is 0 Å². The lowest BCUT2D eigenvalue weighted by Crippen LogP contribution is -2.00. The number of fused-ring (bicyclic) bond motifs is 3. The van der Waals surface area contributed by atoms with E-state index in [1.807, 2.05) is 127 Å². The van der Waals surface area contributed by atoms with E-state index in [0.29, 0.717) is 23.3 Å². The molecule has 0 amide bonds. The Kier molecular flexibility index (Phi) is 8.04. The van der Waals surface area contributed by atoms with Crippen molar-refractivity contribution >= 4 is 21.9 Å². The summed E-state index contributed by atoms with van der Waals surface area (Å²) in [6.45, 7) is 0. The van der Waals surface area contributed by atoms with Gasteiger partial charge in [-0.25, -0.2) is 24.9 Å². The largest absolute Gasteiger partial charge is 0.455 e. The van der Waals surface area contributed by atoms with Crippen LogP contribution in [0.15, 0.2) is 192 Å². The highest BCUT2D eigenvalue weighted by molar-refractivity contribution is 6.11. The normalized spacial score (nSPS) is 11.3. The number of nitrogens with zero attached hydrogens (tertiary/aromatic N) is 5. The van der Waals surface area contributed by atoms with Crippen molar-refractivity contribution in [3.8, 4) is 79.2 Å². The molecule has 0 radical (unpaired) electrons. The Labute approximate surface area is 317 Å². The van der Waals surface area contributed by atoms with Crippen molar-refractivity contribution in [2.45, 2.75) is 0 Å². The minimum absolute atomic E-state index is 0.610. The van der Waals surface area contributed by atoms with Crippen LogP contribution in [0.1, 0.15) is 0 Å². The van der Waals surface area contributed by atoms with Gasteiger partial charge in [-0.2, -0.15) is 0 Å². The maximum Gasteiger partial charge on any atom is 0.164 e. The van der Waals surface area contributed by atoms with E-state index in [9.17, 15) is 0 Å². The maximum absolute atomic E-state index is 6.61. The Bertz CT molecular complexity index is 2830. The molecule has 258 valence electrons. The molecular formula is C49H31N5O. The summed E-state index contributed by atoms with van der Waals surface area (Å²) < 4.78 is 6.61. The van der Waals surface area contributed by atoms with E-state index >= 15 is 0 Å². The van der Waals surface area contributed by atoms with E-state index in [4.69, 9.17) is 29.3 Å². The molecule has 6 heteroatoms. The predicted octanol–water partition coefficient (Wildman–Crippen LogP) is 12.2. The quantitative estimate of drug-likeness (QED) is 0.164. The Morgan fingerprint density at radius 1 is 0.291 bits per heavy atom. The Balaban J connectivity index is 1.13. The first-order chi connectivity index (χ1) is 27.2. The zero-order valence-electron chi connectivity index (χ0n) is 29.5. The summed E-state index contributed by atoms with van der Waals surface area (Å²) in [6, 6.07) is 63.4. The lowest BCUT2D eigenvalue weighted by atomic mass is 9.96. The molecular weight excluding hydrogens is 675 g/mol. The van der Waals surface area contributed by atoms with Crippen molar-refractivity contribution < 1.29 is 4.42 Å². The molecule has 3 aromatic heterocycles. The molecule has 0 bridgehead atoms. The van der Waals surface area contributed by atoms with Crippen LogP contribution in [0.3, 0.4) is 0 Å². The molecule has 10 rings (SSSR count). The van der Waals surface area contributed by atoms with Gasteiger partial charge in [-0.15, -0.1) is 0 Å². The van der Waals surface area contributed by atoms with Gasteiger partial charge in [-0.3, -0.25) is 0 Å². The summed E-state index contributed by atoms with van der Waals surface area (Å²) in [5.41, 5.74) is 10.9. The zero-order valence-corrected chi connectivity index (χ0v) is 29.5. The van der Waals surface area contributed by atoms with E-state index in [1.54, 1.807) is 0 Å². The average Bonchev–Trinajstić information content (AvgIpc) is 3.66. The number of rotatable bonds is 7. The molecule has 0 atom stereocenters. The number of furan rings is 1. The van der Waals surface area contributed by atoms with Crippen LogP contribution in [-0.4, -0.2) is 24.9 Å². The Hall–Kier alpha value is -7.57. The lowest BCUT2D eigenvalue weighted by molar-refractivity contribution is 0.670. The smallest absolute Gasteiger partial charge is 0.164 e. The van der Waals surface area contributed by atoms with Crippen molar-refractivity contribution in [2.75, 3.05) is 0 Å². The minimum atomic E-state index is 0.610. The first-order valence-corrected chi connectivity index (χ1v) is 18.2. The van der Waals surface area contributed by atoms with Gasteiger partial charge in [0.1, 0.15) is 11.2 Å². The molecule has 6 nitrogen and oxygen atoms in total. The van der Waals surface area contributed by atoms with Crippen LogP contribution < -0.4 is 0 Å². The summed E-state index contributed by atoms with van der Waals surface area (Å²) in [5.74, 6) is 2.52. The number of hydrogen-bond donors (Lipinski definition) is 0. The molecule has 0 N–H and O–H groups in total. The van der Waals surface area contributed by atoms with E-state index < -0.39 is 0 Å². The third-order valence-corrected chi connectivity index (χ3v) is 9.76. The molecule has 0 aliphatic heterocycles. The number of aromatic nitrogens is 5. The average molecular weight is 706 g/mol. The van der Waals surface area contributed by atoms with E-state index in [2.05, 4.69) is 60.7 Å². The van der Waals surface area contributed by atoms with Gasteiger partial charge in [-0.05, 0) is 35.4 Å². The van der Waals surface area contributed by atoms with Crippen molar-refractivity contribution in [2.24, 2.45) is 0 Å². The van der Waals surface area contributed by atoms with Gasteiger partial charge < -0.3 is 4.42 Å². The summed E-state index contributed by atoms with van der Waals surface area (Å²) in [7, 11) is 0. The van der Waals surface area contributed by atoms with Crippen molar-refractivity contribution in [1.29, 1.82) is 0 Å². The monoisotopic (exact) mass is 705 g/mol. The SMILES string of the molecule is c1ccc(-c2cc(-c3cc(-c4ccc(-c5nc(-c6ccccc6)nc(-c6ccccc6)n5)cc4)cc4c3oc3ccccc34)nc(-c3ccccc3)n2)cc1. The Morgan fingerprint density at radius 2 is 0.727 bits per heavy atom. The minimum Gasteiger partial charge on any atom is -0.455 e. The first kappa shape index (κ1) is 32.1. The number of hydrogen-bond acceptors (Lipinski definition) is 6. The molecule has 0 saturated heterocycles. The maximum atomic E-state index is 6.61. The van der Waals surface area contributed by atoms with Crippen LogP contribution in [0.25, 0.3) is 101 Å². The molecule has 0 aliphatic carbocycles. The fourth-order valence-electron chi connectivity index (χ4n) is 6.99. The topological polar surface area (TPSA) is 77.6 Å². The van der Waals surface area contributed by atoms with Crippen LogP contribution in [0, 0.1) is 0 Å². The van der Waals surface area contributed by atoms with Crippen LogP contribution in [0.2, 0.25) is 0 Å². The fourth-order valence-corrected chi connectivity index (χ4v) is 6.99. The van der Waals surface area contributed by atoms with Gasteiger partial charge in [0.2, 0.25) is 0 Å². The van der Waals surface area contributed by atoms with E-state index in [0.717, 1.165) is 77.8 Å². The summed E-state index contributed by atoms with van der Waals surface area (Å²) in [6.07, 6.45) is 0. The lowest BCUT2D eigenvalue weighted by Gasteiger charge is -2.12. The van der Waals surface area contributed by atoms with Gasteiger partial charge in [0, 0.05) is 44.2 Å². The zero-order chi connectivity index (χ0) is 36.6. The molecule has 55 heavy (non-hydrogen) atoms. The second kappa shape index (κ2) is 13.8. The highest BCUT2D eigenvalue weighted by Crippen LogP contribution is 2.40. The van der Waals surface area contributed by atoms with Gasteiger partial charge in [-0.1, -0.05) is 164 Å². The van der Waals surface area contributed by atoms with Gasteiger partial charge in [0.05, 0.1) is 11.4 Å².